The SMILES string of the molecule is CC(C)(OCC1CCC2OC2C1)C(=O)CCCCCO.CC(C)C(=O)C1CC2OC2CC1C(=O)C(C)C.CC(O)(CCCCCO)OCC1CCC2OC2C1. The first kappa shape index (κ1) is 46.4. The molecule has 6 rings (SSSR count). The van der Waals surface area contributed by atoms with E-state index in [2.05, 4.69) is 0 Å². The van der Waals surface area contributed by atoms with Gasteiger partial charge in [-0.05, 0) is 110 Å². The Labute approximate surface area is 331 Å². The van der Waals surface area contributed by atoms with Crippen LogP contribution in [0.25, 0.3) is 0 Å². The molecule has 318 valence electrons. The van der Waals surface area contributed by atoms with Gasteiger partial charge in [0.15, 0.2) is 11.6 Å². The van der Waals surface area contributed by atoms with Gasteiger partial charge >= 0.3 is 0 Å². The molecular formula is C44H76O11. The van der Waals surface area contributed by atoms with Crippen molar-refractivity contribution in [2.24, 2.45) is 35.5 Å². The molecule has 3 aliphatic heterocycles. The maximum Gasteiger partial charge on any atom is 0.164 e. The number of aliphatic hydroxyl groups excluding tert-OH is 2. The third-order valence-corrected chi connectivity index (χ3v) is 12.6. The molecule has 11 atom stereocenters. The van der Waals surface area contributed by atoms with Crippen molar-refractivity contribution < 1.29 is 53.4 Å². The maximum absolute atomic E-state index is 12.2. The zero-order valence-electron chi connectivity index (χ0n) is 35.2. The van der Waals surface area contributed by atoms with Crippen molar-refractivity contribution in [3.8, 4) is 0 Å². The minimum absolute atomic E-state index is 0.0118. The lowest BCUT2D eigenvalue weighted by molar-refractivity contribution is -0.202. The predicted molar refractivity (Wildman–Crippen MR) is 209 cm³/mol. The van der Waals surface area contributed by atoms with Crippen molar-refractivity contribution in [3.63, 3.8) is 0 Å². The van der Waals surface area contributed by atoms with Crippen LogP contribution in [0.5, 0.6) is 0 Å². The molecule has 6 aliphatic rings. The van der Waals surface area contributed by atoms with E-state index >= 15 is 0 Å². The van der Waals surface area contributed by atoms with E-state index in [1.807, 2.05) is 41.5 Å². The Kier molecular flexibility index (Phi) is 18.2. The van der Waals surface area contributed by atoms with Crippen molar-refractivity contribution in [3.05, 3.63) is 0 Å². The molecule has 3 N–H and O–H groups in total. The van der Waals surface area contributed by atoms with Crippen LogP contribution in [0, 0.1) is 35.5 Å². The highest BCUT2D eigenvalue weighted by molar-refractivity contribution is 5.92. The van der Waals surface area contributed by atoms with Crippen molar-refractivity contribution in [1.29, 1.82) is 0 Å². The second-order valence-electron chi connectivity index (χ2n) is 18.6. The third kappa shape index (κ3) is 15.4. The van der Waals surface area contributed by atoms with E-state index in [-0.39, 0.29) is 66.4 Å². The number of fused-ring (bicyclic) bond motifs is 3. The van der Waals surface area contributed by atoms with Gasteiger partial charge in [-0.3, -0.25) is 14.4 Å². The first-order valence-electron chi connectivity index (χ1n) is 21.8. The first-order chi connectivity index (χ1) is 26.0. The summed E-state index contributed by atoms with van der Waals surface area (Å²) in [6, 6.07) is 0. The van der Waals surface area contributed by atoms with Crippen LogP contribution in [-0.2, 0) is 38.1 Å². The molecule has 11 unspecified atom stereocenters. The van der Waals surface area contributed by atoms with Crippen LogP contribution in [0.4, 0.5) is 0 Å². The van der Waals surface area contributed by atoms with Crippen LogP contribution >= 0.6 is 0 Å². The zero-order valence-corrected chi connectivity index (χ0v) is 35.2. The Bertz CT molecular complexity index is 1170. The van der Waals surface area contributed by atoms with E-state index in [0.717, 1.165) is 89.9 Å². The monoisotopic (exact) mass is 781 g/mol. The molecule has 55 heavy (non-hydrogen) atoms. The lowest BCUT2D eigenvalue weighted by atomic mass is 9.71. The molecule has 0 aromatic carbocycles. The van der Waals surface area contributed by atoms with Gasteiger partial charge in [0, 0.05) is 49.7 Å². The molecule has 0 amide bonds. The number of Topliss-reactive ketones (excluding diaryl/α,β-unsaturated/α-hetero) is 3. The molecule has 0 bridgehead atoms. The van der Waals surface area contributed by atoms with Crippen molar-refractivity contribution in [2.45, 2.75) is 199 Å². The van der Waals surface area contributed by atoms with E-state index in [1.165, 1.54) is 0 Å². The predicted octanol–water partition coefficient (Wildman–Crippen LogP) is 6.53. The van der Waals surface area contributed by atoms with Gasteiger partial charge in [0.25, 0.3) is 0 Å². The molecular weight excluding hydrogens is 704 g/mol. The zero-order chi connectivity index (χ0) is 40.3. The minimum Gasteiger partial charge on any atom is -0.396 e. The largest absolute Gasteiger partial charge is 0.396 e. The molecule has 3 aliphatic carbocycles. The van der Waals surface area contributed by atoms with Gasteiger partial charge in [-0.25, -0.2) is 0 Å². The van der Waals surface area contributed by atoms with E-state index in [9.17, 15) is 19.5 Å². The Balaban J connectivity index is 0.000000184. The maximum atomic E-state index is 12.2. The lowest BCUT2D eigenvalue weighted by Gasteiger charge is -2.29. The summed E-state index contributed by atoms with van der Waals surface area (Å²) in [5, 5.41) is 27.5. The lowest BCUT2D eigenvalue weighted by Crippen LogP contribution is -2.39. The van der Waals surface area contributed by atoms with E-state index in [4.69, 9.17) is 33.9 Å². The summed E-state index contributed by atoms with van der Waals surface area (Å²) < 4.78 is 28.1. The Morgan fingerprint density at radius 1 is 0.600 bits per heavy atom. The van der Waals surface area contributed by atoms with Crippen LogP contribution in [0.15, 0.2) is 0 Å². The van der Waals surface area contributed by atoms with Crippen LogP contribution < -0.4 is 0 Å². The van der Waals surface area contributed by atoms with Gasteiger partial charge < -0.3 is 39.0 Å². The van der Waals surface area contributed by atoms with E-state index in [0.29, 0.717) is 62.3 Å². The fraction of sp³-hybridized carbons (Fsp3) is 0.932. The molecule has 0 radical (unpaired) electrons. The molecule has 6 fully saturated rings. The molecule has 3 heterocycles. The van der Waals surface area contributed by atoms with Crippen molar-refractivity contribution in [2.75, 3.05) is 26.4 Å². The van der Waals surface area contributed by atoms with E-state index in [1.54, 1.807) is 6.92 Å². The number of rotatable bonds is 21. The number of carbonyl (C=O) groups excluding carboxylic acids is 3. The standard InChI is InChI=1S/C16H28O4.C14H26O4.C14H22O3/c1-16(2,15(18)6-4-3-5-9-17)19-11-12-7-8-13-14(10-12)20-13;1-14(16,7-3-2-4-8-15)17-10-11-5-6-12-13(9-11)18-12;1-7(2)13(15)9-5-11-12(17-11)6-10(9)14(16)8(3)4/h12-14,17H,3-11H2,1-2H3;11-13,15-16H,2-10H2,1H3;7-12H,5-6H2,1-4H3. The number of hydrogen-bond acceptors (Lipinski definition) is 11. The van der Waals surface area contributed by atoms with Gasteiger partial charge in [0.1, 0.15) is 17.2 Å². The summed E-state index contributed by atoms with van der Waals surface area (Å²) in [5.41, 5.74) is -0.680. The number of ketones is 3. The Morgan fingerprint density at radius 3 is 1.49 bits per heavy atom. The van der Waals surface area contributed by atoms with Crippen LogP contribution in [-0.4, -0.2) is 107 Å². The normalized spacial score (nSPS) is 32.7. The highest BCUT2D eigenvalue weighted by Crippen LogP contribution is 2.45. The first-order valence-corrected chi connectivity index (χ1v) is 21.8. The highest BCUT2D eigenvalue weighted by Gasteiger charge is 2.52. The molecule has 11 heteroatoms. The Hall–Kier alpha value is -1.31. The molecule has 0 aromatic rings. The summed E-state index contributed by atoms with van der Waals surface area (Å²) in [7, 11) is 0. The summed E-state index contributed by atoms with van der Waals surface area (Å²) in [5.74, 6) is 0.523. The smallest absolute Gasteiger partial charge is 0.164 e. The second kappa shape index (κ2) is 21.6. The third-order valence-electron chi connectivity index (χ3n) is 12.6. The van der Waals surface area contributed by atoms with Gasteiger partial charge in [0.05, 0.1) is 49.8 Å². The molecule has 11 nitrogen and oxygen atoms in total. The summed E-state index contributed by atoms with van der Waals surface area (Å²) >= 11 is 0. The quantitative estimate of drug-likeness (QED) is 0.0658. The molecule has 3 saturated carbocycles. The average Bonchev–Trinajstić information content (AvgIpc) is 4.05. The number of ether oxygens (including phenoxy) is 5. The molecule has 0 aromatic heterocycles. The van der Waals surface area contributed by atoms with Gasteiger partial charge in [-0.2, -0.15) is 0 Å². The summed E-state index contributed by atoms with van der Waals surface area (Å²) in [6.07, 6.45) is 17.1. The van der Waals surface area contributed by atoms with Crippen LogP contribution in [0.3, 0.4) is 0 Å². The van der Waals surface area contributed by atoms with Gasteiger partial charge in [-0.15, -0.1) is 0 Å². The second-order valence-corrected chi connectivity index (χ2v) is 18.6. The van der Waals surface area contributed by atoms with Crippen molar-refractivity contribution >= 4 is 17.3 Å². The minimum atomic E-state index is -1.02. The number of hydrogen-bond donors (Lipinski definition) is 3. The van der Waals surface area contributed by atoms with Crippen LogP contribution in [0.2, 0.25) is 0 Å². The number of carbonyl (C=O) groups is 3. The molecule has 0 spiro atoms. The summed E-state index contributed by atoms with van der Waals surface area (Å²) in [6.45, 7) is 14.9. The molecule has 3 saturated heterocycles. The Morgan fingerprint density at radius 2 is 1.04 bits per heavy atom. The fourth-order valence-electron chi connectivity index (χ4n) is 8.58. The average molecular weight is 781 g/mol. The van der Waals surface area contributed by atoms with Crippen LogP contribution in [0.1, 0.15) is 151 Å². The van der Waals surface area contributed by atoms with Crippen molar-refractivity contribution in [1.82, 2.24) is 0 Å². The number of unbranched alkanes of at least 4 members (excludes halogenated alkanes) is 4. The van der Waals surface area contributed by atoms with Gasteiger partial charge in [-0.1, -0.05) is 40.5 Å². The van der Waals surface area contributed by atoms with Gasteiger partial charge in [0.2, 0.25) is 0 Å². The highest BCUT2D eigenvalue weighted by atomic mass is 16.6. The van der Waals surface area contributed by atoms with E-state index < -0.39 is 11.4 Å². The number of epoxide rings is 3. The topological polar surface area (TPSA) is 168 Å². The number of aliphatic hydroxyl groups is 3. The fourth-order valence-corrected chi connectivity index (χ4v) is 8.58. The summed E-state index contributed by atoms with van der Waals surface area (Å²) in [4.78, 5) is 36.5.